The number of ether oxygens (including phenoxy) is 1. The van der Waals surface area contributed by atoms with E-state index in [0.29, 0.717) is 28.2 Å². The van der Waals surface area contributed by atoms with Crippen molar-refractivity contribution in [1.29, 1.82) is 0 Å². The quantitative estimate of drug-likeness (QED) is 0.522. The smallest absolute Gasteiger partial charge is 0.226 e. The van der Waals surface area contributed by atoms with Crippen LogP contribution >= 0.6 is 23.2 Å². The number of para-hydroxylation sites is 1. The fourth-order valence-corrected chi connectivity index (χ4v) is 4.93. The Morgan fingerprint density at radius 3 is 2.81 bits per heavy atom. The van der Waals surface area contributed by atoms with Crippen LogP contribution in [-0.2, 0) is 11.4 Å². The average Bonchev–Trinajstić information content (AvgIpc) is 3.19. The van der Waals surface area contributed by atoms with E-state index >= 15 is 0 Å². The number of Topliss-reactive ketones (excluding diaryl/α,β-unsaturated/α-hetero) is 1. The van der Waals surface area contributed by atoms with E-state index in [1.807, 2.05) is 30.3 Å². The first-order valence-corrected chi connectivity index (χ1v) is 11.2. The minimum atomic E-state index is -0.413. The number of ketones is 1. The van der Waals surface area contributed by atoms with Gasteiger partial charge in [0.25, 0.3) is 0 Å². The molecule has 1 atom stereocenters. The molecular weight excluding hydrogens is 447 g/mol. The highest BCUT2D eigenvalue weighted by atomic mass is 35.5. The summed E-state index contributed by atoms with van der Waals surface area (Å²) in [5, 5.41) is 8.88. The molecule has 5 rings (SSSR count). The number of benzene rings is 2. The normalized spacial score (nSPS) is 19.2. The first kappa shape index (κ1) is 21.0. The molecule has 0 fully saturated rings. The van der Waals surface area contributed by atoms with Crippen LogP contribution < -0.4 is 10.1 Å². The SMILES string of the molecule is CC1(C)CC(=O)C2=C(C1)Nc1ncnn1[C@@H]2c1ccccc1OCc1ccc(Cl)cc1Cl. The maximum absolute atomic E-state index is 13.3. The molecule has 164 valence electrons. The van der Waals surface area contributed by atoms with Gasteiger partial charge in [-0.25, -0.2) is 4.68 Å². The Morgan fingerprint density at radius 1 is 1.19 bits per heavy atom. The highest BCUT2D eigenvalue weighted by molar-refractivity contribution is 6.35. The number of allylic oxidation sites excluding steroid dienone is 2. The molecule has 0 saturated carbocycles. The number of hydrogen-bond acceptors (Lipinski definition) is 5. The summed E-state index contributed by atoms with van der Waals surface area (Å²) in [5.74, 6) is 1.40. The lowest BCUT2D eigenvalue weighted by Gasteiger charge is -2.38. The summed E-state index contributed by atoms with van der Waals surface area (Å²) in [6.07, 6.45) is 2.75. The lowest BCUT2D eigenvalue weighted by molar-refractivity contribution is -0.118. The summed E-state index contributed by atoms with van der Waals surface area (Å²) < 4.78 is 7.96. The van der Waals surface area contributed by atoms with Gasteiger partial charge >= 0.3 is 0 Å². The molecule has 0 radical (unpaired) electrons. The number of fused-ring (bicyclic) bond motifs is 1. The van der Waals surface area contributed by atoms with Crippen molar-refractivity contribution in [3.05, 3.63) is 81.2 Å². The van der Waals surface area contributed by atoms with E-state index < -0.39 is 6.04 Å². The van der Waals surface area contributed by atoms with Gasteiger partial charge in [-0.3, -0.25) is 4.79 Å². The molecule has 0 saturated heterocycles. The van der Waals surface area contributed by atoms with Crippen LogP contribution in [0.25, 0.3) is 0 Å². The molecule has 1 N–H and O–H groups in total. The third-order valence-electron chi connectivity index (χ3n) is 5.89. The summed E-state index contributed by atoms with van der Waals surface area (Å²) in [5.41, 5.74) is 3.20. The second-order valence-electron chi connectivity index (χ2n) is 8.95. The zero-order chi connectivity index (χ0) is 22.5. The maximum Gasteiger partial charge on any atom is 0.226 e. The predicted octanol–water partition coefficient (Wildman–Crippen LogP) is 5.82. The standard InChI is InChI=1S/C24H22Cl2N4O2/c1-24(2)10-18-21(19(31)11-24)22(30-23(29-18)27-13-28-30)16-5-3-4-6-20(16)32-12-14-7-8-15(25)9-17(14)26/h3-9,13,22H,10-12H2,1-2H3,(H,27,28,29)/t22-/m1/s1. The van der Waals surface area contributed by atoms with Crippen LogP contribution in [0.2, 0.25) is 10.0 Å². The molecular formula is C24H22Cl2N4O2. The van der Waals surface area contributed by atoms with Crippen LogP contribution in [0, 0.1) is 5.41 Å². The van der Waals surface area contributed by atoms with Crippen molar-refractivity contribution in [3.63, 3.8) is 0 Å². The number of aromatic nitrogens is 3. The molecule has 6 nitrogen and oxygen atoms in total. The predicted molar refractivity (Wildman–Crippen MR) is 124 cm³/mol. The molecule has 2 heterocycles. The van der Waals surface area contributed by atoms with E-state index in [0.717, 1.165) is 28.8 Å². The number of nitrogens with one attached hydrogen (secondary N) is 1. The van der Waals surface area contributed by atoms with Crippen molar-refractivity contribution in [2.75, 3.05) is 5.32 Å². The first-order valence-electron chi connectivity index (χ1n) is 10.4. The van der Waals surface area contributed by atoms with Gasteiger partial charge in [0.15, 0.2) is 5.78 Å². The zero-order valence-corrected chi connectivity index (χ0v) is 19.2. The summed E-state index contributed by atoms with van der Waals surface area (Å²) in [7, 11) is 0. The van der Waals surface area contributed by atoms with Gasteiger partial charge in [-0.05, 0) is 30.0 Å². The number of hydrogen-bond donors (Lipinski definition) is 1. The van der Waals surface area contributed by atoms with Crippen molar-refractivity contribution in [3.8, 4) is 5.75 Å². The molecule has 2 aliphatic rings. The number of halogens is 2. The monoisotopic (exact) mass is 468 g/mol. The average molecular weight is 469 g/mol. The lowest BCUT2D eigenvalue weighted by Crippen LogP contribution is -2.36. The van der Waals surface area contributed by atoms with Crippen LogP contribution in [0.3, 0.4) is 0 Å². The third-order valence-corrected chi connectivity index (χ3v) is 6.47. The van der Waals surface area contributed by atoms with Crippen molar-refractivity contribution in [1.82, 2.24) is 14.8 Å². The highest BCUT2D eigenvalue weighted by Crippen LogP contribution is 2.46. The Bertz CT molecular complexity index is 1250. The minimum Gasteiger partial charge on any atom is -0.488 e. The molecule has 3 aromatic rings. The van der Waals surface area contributed by atoms with Crippen LogP contribution in [0.1, 0.15) is 43.9 Å². The maximum atomic E-state index is 13.3. The minimum absolute atomic E-state index is 0.114. The molecule has 2 aromatic carbocycles. The van der Waals surface area contributed by atoms with Gasteiger partial charge < -0.3 is 10.1 Å². The second-order valence-corrected chi connectivity index (χ2v) is 9.79. The van der Waals surface area contributed by atoms with Gasteiger partial charge in [0.1, 0.15) is 24.7 Å². The summed E-state index contributed by atoms with van der Waals surface area (Å²) in [4.78, 5) is 17.7. The number of carbonyl (C=O) groups is 1. The van der Waals surface area contributed by atoms with E-state index in [1.54, 1.807) is 16.8 Å². The van der Waals surface area contributed by atoms with E-state index in [4.69, 9.17) is 27.9 Å². The molecule has 32 heavy (non-hydrogen) atoms. The Hall–Kier alpha value is -2.83. The third kappa shape index (κ3) is 3.78. The van der Waals surface area contributed by atoms with Gasteiger partial charge in [0.05, 0.1) is 0 Å². The van der Waals surface area contributed by atoms with E-state index in [2.05, 4.69) is 29.2 Å². The fraction of sp³-hybridized carbons (Fsp3) is 0.292. The number of nitrogens with zero attached hydrogens (tertiary/aromatic N) is 3. The zero-order valence-electron chi connectivity index (χ0n) is 17.7. The summed E-state index contributed by atoms with van der Waals surface area (Å²) >= 11 is 12.3. The second kappa shape index (κ2) is 7.94. The largest absolute Gasteiger partial charge is 0.488 e. The Balaban J connectivity index is 1.55. The molecule has 1 aromatic heterocycles. The topological polar surface area (TPSA) is 69.0 Å². The molecule has 0 unspecified atom stereocenters. The fourth-order valence-electron chi connectivity index (χ4n) is 4.47. The van der Waals surface area contributed by atoms with Crippen LogP contribution in [0.4, 0.5) is 5.95 Å². The highest BCUT2D eigenvalue weighted by Gasteiger charge is 2.42. The van der Waals surface area contributed by atoms with Crippen LogP contribution in [0.15, 0.2) is 60.1 Å². The van der Waals surface area contributed by atoms with Crippen LogP contribution in [0.5, 0.6) is 5.75 Å². The Kier molecular flexibility index (Phi) is 5.22. The van der Waals surface area contributed by atoms with Gasteiger partial charge in [0, 0.05) is 38.9 Å². The molecule has 0 amide bonds. The van der Waals surface area contributed by atoms with Gasteiger partial charge in [-0.15, -0.1) is 0 Å². The van der Waals surface area contributed by atoms with Gasteiger partial charge in [0.2, 0.25) is 5.95 Å². The van der Waals surface area contributed by atoms with Crippen molar-refractivity contribution >= 4 is 34.9 Å². The number of rotatable bonds is 4. The summed E-state index contributed by atoms with van der Waals surface area (Å²) in [6.45, 7) is 4.49. The van der Waals surface area contributed by atoms with Gasteiger partial charge in [-0.1, -0.05) is 61.3 Å². The van der Waals surface area contributed by atoms with Crippen LogP contribution in [-0.4, -0.2) is 20.5 Å². The van der Waals surface area contributed by atoms with Crippen molar-refractivity contribution in [2.45, 2.75) is 39.3 Å². The van der Waals surface area contributed by atoms with E-state index in [9.17, 15) is 4.79 Å². The molecule has 1 aliphatic carbocycles. The van der Waals surface area contributed by atoms with Crippen molar-refractivity contribution in [2.24, 2.45) is 5.41 Å². The number of anilines is 1. The lowest BCUT2D eigenvalue weighted by atomic mass is 9.73. The van der Waals surface area contributed by atoms with E-state index in [1.165, 1.54) is 6.33 Å². The molecule has 0 spiro atoms. The van der Waals surface area contributed by atoms with Gasteiger partial charge in [-0.2, -0.15) is 10.1 Å². The van der Waals surface area contributed by atoms with E-state index in [-0.39, 0.29) is 17.8 Å². The Morgan fingerprint density at radius 2 is 2.00 bits per heavy atom. The summed E-state index contributed by atoms with van der Waals surface area (Å²) in [6, 6.07) is 12.6. The van der Waals surface area contributed by atoms with Crippen molar-refractivity contribution < 1.29 is 9.53 Å². The molecule has 1 aliphatic heterocycles. The Labute approximate surface area is 196 Å². The molecule has 0 bridgehead atoms. The molecule has 8 heteroatoms. The number of carbonyl (C=O) groups excluding carboxylic acids is 1. The first-order chi connectivity index (χ1) is 15.3.